The average molecular weight is 459 g/mol. The van der Waals surface area contributed by atoms with E-state index in [0.29, 0.717) is 18.6 Å². The van der Waals surface area contributed by atoms with Crippen LogP contribution in [-0.4, -0.2) is 52.5 Å². The SMILES string of the molecule is O=C(CCNS(=O)(=O)c1ccccc1F)N1CCC(S(=O)(=O)Cc2ccco2)CC1. The van der Waals surface area contributed by atoms with Crippen LogP contribution in [0.15, 0.2) is 52.0 Å². The van der Waals surface area contributed by atoms with Crippen molar-refractivity contribution in [2.45, 2.75) is 35.2 Å². The molecule has 0 aliphatic carbocycles. The van der Waals surface area contributed by atoms with Gasteiger partial charge in [0.1, 0.15) is 22.2 Å². The molecule has 1 aliphatic rings. The van der Waals surface area contributed by atoms with Crippen molar-refractivity contribution in [3.05, 3.63) is 54.2 Å². The number of amides is 1. The third kappa shape index (κ3) is 5.46. The highest BCUT2D eigenvalue weighted by Gasteiger charge is 2.32. The molecule has 0 unspecified atom stereocenters. The molecule has 3 rings (SSSR count). The molecule has 2 heterocycles. The first-order chi connectivity index (χ1) is 14.2. The molecule has 8 nitrogen and oxygen atoms in total. The molecule has 2 aromatic rings. The monoisotopic (exact) mass is 458 g/mol. The summed E-state index contributed by atoms with van der Waals surface area (Å²) in [6, 6.07) is 8.23. The van der Waals surface area contributed by atoms with Crippen molar-refractivity contribution < 1.29 is 30.4 Å². The number of furan rings is 1. The largest absolute Gasteiger partial charge is 0.468 e. The maximum atomic E-state index is 13.7. The summed E-state index contributed by atoms with van der Waals surface area (Å²) >= 11 is 0. The average Bonchev–Trinajstić information content (AvgIpc) is 3.20. The number of carbonyl (C=O) groups excluding carboxylic acids is 1. The molecule has 1 fully saturated rings. The van der Waals surface area contributed by atoms with Gasteiger partial charge in [-0.25, -0.2) is 25.9 Å². The molecule has 1 saturated heterocycles. The first-order valence-corrected chi connectivity index (χ1v) is 12.6. The molecular weight excluding hydrogens is 435 g/mol. The molecule has 1 aromatic carbocycles. The molecular formula is C19H23FN2O6S2. The second kappa shape index (κ2) is 9.27. The molecule has 1 aromatic heterocycles. The van der Waals surface area contributed by atoms with Gasteiger partial charge in [-0.05, 0) is 37.1 Å². The fourth-order valence-corrected chi connectivity index (χ4v) is 6.20. The third-order valence-corrected chi connectivity index (χ3v) is 8.65. The number of sulfonamides is 1. The van der Waals surface area contributed by atoms with E-state index in [2.05, 4.69) is 4.72 Å². The minimum Gasteiger partial charge on any atom is -0.468 e. The van der Waals surface area contributed by atoms with Gasteiger partial charge in [-0.3, -0.25) is 4.79 Å². The van der Waals surface area contributed by atoms with E-state index in [1.807, 2.05) is 0 Å². The summed E-state index contributed by atoms with van der Waals surface area (Å²) < 4.78 is 70.3. The zero-order valence-corrected chi connectivity index (χ0v) is 17.8. The van der Waals surface area contributed by atoms with E-state index in [1.54, 1.807) is 12.1 Å². The van der Waals surface area contributed by atoms with Gasteiger partial charge in [0.05, 0.1) is 11.5 Å². The smallest absolute Gasteiger partial charge is 0.243 e. The molecule has 164 valence electrons. The van der Waals surface area contributed by atoms with Crippen molar-refractivity contribution in [3.8, 4) is 0 Å². The maximum absolute atomic E-state index is 13.7. The minimum atomic E-state index is -4.05. The van der Waals surface area contributed by atoms with E-state index in [4.69, 9.17) is 4.42 Å². The molecule has 1 aliphatic heterocycles. The van der Waals surface area contributed by atoms with E-state index in [9.17, 15) is 26.0 Å². The lowest BCUT2D eigenvalue weighted by atomic mass is 10.1. The van der Waals surface area contributed by atoms with Gasteiger partial charge in [0.2, 0.25) is 15.9 Å². The summed E-state index contributed by atoms with van der Waals surface area (Å²) in [5.41, 5.74) is 0. The minimum absolute atomic E-state index is 0.0997. The van der Waals surface area contributed by atoms with Crippen LogP contribution in [0.3, 0.4) is 0 Å². The molecule has 0 radical (unpaired) electrons. The topological polar surface area (TPSA) is 114 Å². The number of hydrogen-bond acceptors (Lipinski definition) is 6. The number of nitrogens with one attached hydrogen (secondary N) is 1. The number of nitrogens with zero attached hydrogens (tertiary/aromatic N) is 1. The zero-order valence-electron chi connectivity index (χ0n) is 16.2. The summed E-state index contributed by atoms with van der Waals surface area (Å²) in [4.78, 5) is 13.4. The van der Waals surface area contributed by atoms with Gasteiger partial charge in [-0.15, -0.1) is 0 Å². The van der Waals surface area contributed by atoms with Crippen molar-refractivity contribution in [3.63, 3.8) is 0 Å². The summed E-state index contributed by atoms with van der Waals surface area (Å²) in [7, 11) is -7.44. The van der Waals surface area contributed by atoms with Gasteiger partial charge in [-0.2, -0.15) is 0 Å². The van der Waals surface area contributed by atoms with Crippen molar-refractivity contribution in [1.82, 2.24) is 9.62 Å². The summed E-state index contributed by atoms with van der Waals surface area (Å²) in [5.74, 6) is -0.936. The molecule has 30 heavy (non-hydrogen) atoms. The Balaban J connectivity index is 1.47. The lowest BCUT2D eigenvalue weighted by molar-refractivity contribution is -0.131. The number of likely N-dealkylation sites (tertiary alicyclic amines) is 1. The number of rotatable bonds is 8. The van der Waals surface area contributed by atoms with Gasteiger partial charge in [0.25, 0.3) is 0 Å². The van der Waals surface area contributed by atoms with Crippen LogP contribution >= 0.6 is 0 Å². The fraction of sp³-hybridized carbons (Fsp3) is 0.421. The highest BCUT2D eigenvalue weighted by molar-refractivity contribution is 7.91. The number of piperidine rings is 1. The Morgan fingerprint density at radius 1 is 1.10 bits per heavy atom. The van der Waals surface area contributed by atoms with Crippen molar-refractivity contribution in [2.75, 3.05) is 19.6 Å². The fourth-order valence-electron chi connectivity index (χ4n) is 3.37. The molecule has 0 atom stereocenters. The Hall–Kier alpha value is -2.24. The number of sulfone groups is 1. The molecule has 1 N–H and O–H groups in total. The van der Waals surface area contributed by atoms with Crippen LogP contribution in [0.4, 0.5) is 4.39 Å². The number of halogens is 1. The third-order valence-electron chi connectivity index (χ3n) is 4.98. The number of carbonyl (C=O) groups is 1. The maximum Gasteiger partial charge on any atom is 0.243 e. The van der Waals surface area contributed by atoms with Crippen LogP contribution < -0.4 is 4.72 Å². The van der Waals surface area contributed by atoms with Crippen molar-refractivity contribution in [2.24, 2.45) is 0 Å². The highest BCUT2D eigenvalue weighted by Crippen LogP contribution is 2.22. The van der Waals surface area contributed by atoms with Crippen LogP contribution in [0, 0.1) is 5.82 Å². The van der Waals surface area contributed by atoms with Gasteiger partial charge in [0.15, 0.2) is 9.84 Å². The number of benzene rings is 1. The Morgan fingerprint density at radius 3 is 2.43 bits per heavy atom. The van der Waals surface area contributed by atoms with E-state index < -0.39 is 35.8 Å². The summed E-state index contributed by atoms with van der Waals surface area (Å²) in [5, 5.41) is -0.550. The normalized spacial score (nSPS) is 16.0. The van der Waals surface area contributed by atoms with Crippen LogP contribution in [0.5, 0.6) is 0 Å². The van der Waals surface area contributed by atoms with Crippen LogP contribution in [-0.2, 0) is 30.4 Å². The van der Waals surface area contributed by atoms with E-state index in [-0.39, 0.29) is 37.7 Å². The Kier molecular flexibility index (Phi) is 6.94. The predicted molar refractivity (Wildman–Crippen MR) is 107 cm³/mol. The molecule has 0 saturated carbocycles. The van der Waals surface area contributed by atoms with Crippen LogP contribution in [0.1, 0.15) is 25.0 Å². The lowest BCUT2D eigenvalue weighted by Crippen LogP contribution is -2.43. The Morgan fingerprint density at radius 2 is 1.80 bits per heavy atom. The lowest BCUT2D eigenvalue weighted by Gasteiger charge is -2.31. The quantitative estimate of drug-likeness (QED) is 0.644. The van der Waals surface area contributed by atoms with Gasteiger partial charge in [-0.1, -0.05) is 12.1 Å². The first kappa shape index (κ1) is 22.4. The molecule has 11 heteroatoms. The van der Waals surface area contributed by atoms with Crippen molar-refractivity contribution in [1.29, 1.82) is 0 Å². The van der Waals surface area contributed by atoms with Gasteiger partial charge in [0, 0.05) is 26.1 Å². The second-order valence-electron chi connectivity index (χ2n) is 7.04. The predicted octanol–water partition coefficient (Wildman–Crippen LogP) is 1.69. The van der Waals surface area contributed by atoms with Crippen molar-refractivity contribution >= 4 is 25.8 Å². The van der Waals surface area contributed by atoms with Gasteiger partial charge >= 0.3 is 0 Å². The second-order valence-corrected chi connectivity index (χ2v) is 11.1. The summed E-state index contributed by atoms with van der Waals surface area (Å²) in [6.45, 7) is 0.383. The van der Waals surface area contributed by atoms with Gasteiger partial charge < -0.3 is 9.32 Å². The van der Waals surface area contributed by atoms with E-state index >= 15 is 0 Å². The van der Waals surface area contributed by atoms with E-state index in [1.165, 1.54) is 23.3 Å². The number of hydrogen-bond donors (Lipinski definition) is 1. The zero-order chi connectivity index (χ0) is 21.8. The van der Waals surface area contributed by atoms with Crippen LogP contribution in [0.25, 0.3) is 0 Å². The Bertz CT molecular complexity index is 1080. The summed E-state index contributed by atoms with van der Waals surface area (Å²) in [6.07, 6.45) is 1.95. The Labute approximate surface area is 175 Å². The van der Waals surface area contributed by atoms with Crippen LogP contribution in [0.2, 0.25) is 0 Å². The first-order valence-electron chi connectivity index (χ1n) is 9.45. The molecule has 0 spiro atoms. The van der Waals surface area contributed by atoms with E-state index in [0.717, 1.165) is 12.1 Å². The highest BCUT2D eigenvalue weighted by atomic mass is 32.2. The molecule has 0 bridgehead atoms. The molecule has 1 amide bonds. The standard InChI is InChI=1S/C19H23FN2O6S2/c20-17-5-1-2-6-18(17)30(26,27)21-10-7-19(23)22-11-8-16(9-12-22)29(24,25)14-15-4-3-13-28-15/h1-6,13,16,21H,7-12,14H2.